The number of aliphatic imine (C=N–C) groups is 1. The fourth-order valence-electron chi connectivity index (χ4n) is 14.9. The topological polar surface area (TPSA) is 104 Å². The van der Waals surface area contributed by atoms with Gasteiger partial charge in [-0.15, -0.1) is 0 Å². The Morgan fingerprint density at radius 1 is 0.658 bits per heavy atom. The maximum absolute atomic E-state index is 13.1. The number of hydrogen-bond donors (Lipinski definition) is 1. The van der Waals surface area contributed by atoms with E-state index in [0.29, 0.717) is 59.8 Å². The third-order valence-corrected chi connectivity index (χ3v) is 19.6. The maximum Gasteiger partial charge on any atom is 0.343 e. The number of phenols is 1. The lowest BCUT2D eigenvalue weighted by atomic mass is 9.47. The van der Waals surface area contributed by atoms with Gasteiger partial charge in [0, 0.05) is 30.7 Å². The summed E-state index contributed by atoms with van der Waals surface area (Å²) >= 11 is 0. The zero-order chi connectivity index (χ0) is 55.9. The number of unbranched alkanes of at least 4 members (excludes halogenated alkanes) is 17. The second-order valence-corrected chi connectivity index (χ2v) is 25.8. The van der Waals surface area contributed by atoms with Gasteiger partial charge in [0.15, 0.2) is 0 Å². The number of rotatable bonds is 35. The van der Waals surface area contributed by atoms with Crippen molar-refractivity contribution in [2.24, 2.45) is 51.3 Å². The van der Waals surface area contributed by atoms with Crippen molar-refractivity contribution in [1.29, 1.82) is 0 Å². The molecular formula is C71H105NO7. The van der Waals surface area contributed by atoms with Crippen LogP contribution in [0.15, 0.2) is 83.4 Å². The molecule has 3 fully saturated rings. The van der Waals surface area contributed by atoms with E-state index in [1.54, 1.807) is 66.4 Å². The smallest absolute Gasteiger partial charge is 0.343 e. The van der Waals surface area contributed by atoms with Gasteiger partial charge in [-0.2, -0.15) is 0 Å². The summed E-state index contributed by atoms with van der Waals surface area (Å²) in [5.74, 6) is 6.02. The molecule has 0 saturated heterocycles. The first-order valence-electron chi connectivity index (χ1n) is 32.3. The molecule has 3 aromatic carbocycles. The number of carbonyl (C=O) groups is 2. The van der Waals surface area contributed by atoms with Crippen LogP contribution in [0.2, 0.25) is 0 Å². The molecule has 4 aliphatic rings. The molecule has 0 spiro atoms. The number of allylic oxidation sites excluding steroid dienone is 1. The highest BCUT2D eigenvalue weighted by Gasteiger charge is 2.59. The lowest BCUT2D eigenvalue weighted by Crippen LogP contribution is -2.51. The summed E-state index contributed by atoms with van der Waals surface area (Å²) in [6, 6.07) is 19.1. The van der Waals surface area contributed by atoms with Gasteiger partial charge < -0.3 is 24.1 Å². The first kappa shape index (κ1) is 62.0. The highest BCUT2D eigenvalue weighted by molar-refractivity contribution is 5.91. The second kappa shape index (κ2) is 32.2. The van der Waals surface area contributed by atoms with Crippen LogP contribution in [0.1, 0.15) is 257 Å². The van der Waals surface area contributed by atoms with Gasteiger partial charge in [0.25, 0.3) is 0 Å². The summed E-state index contributed by atoms with van der Waals surface area (Å²) in [4.78, 5) is 30.5. The van der Waals surface area contributed by atoms with Crippen LogP contribution in [0.4, 0.5) is 5.69 Å². The summed E-state index contributed by atoms with van der Waals surface area (Å²) in [6.07, 6.45) is 43.2. The van der Waals surface area contributed by atoms with Crippen LogP contribution in [0.3, 0.4) is 0 Å². The van der Waals surface area contributed by atoms with Crippen LogP contribution >= 0.6 is 0 Å². The maximum atomic E-state index is 13.1. The normalized spacial score (nSPS) is 23.9. The van der Waals surface area contributed by atoms with E-state index < -0.39 is 5.97 Å². The Labute approximate surface area is 479 Å². The standard InChI is InChI=1S/C71H105NO7/c1-7-8-9-10-11-12-13-14-15-16-17-18-19-20-21-22-23-24-48-76-59-36-30-55(31-37-59)69(75)79-60-39-34-58(35-40-60)72-52-56-32-38-61(51-67(56)73)77-49-26-29-68(74)78-62-44-46-70(5)57(50-62)33-41-63-65-43-42-64(54(4)28-25-27-53(2)3)71(65,6)47-45-66(63)70/h30-40,51-54,62-66,73H,7-29,41-50H2,1-6H3/t54-,62+,63+,64-,65+,66+,70+,71-/m1/s1. The van der Waals surface area contributed by atoms with Crippen LogP contribution in [0, 0.1) is 46.3 Å². The molecule has 0 amide bonds. The lowest BCUT2D eigenvalue weighted by molar-refractivity contribution is -0.151. The molecule has 8 nitrogen and oxygen atoms in total. The van der Waals surface area contributed by atoms with Gasteiger partial charge in [-0.1, -0.05) is 182 Å². The molecule has 0 aliphatic heterocycles. The van der Waals surface area contributed by atoms with Crippen molar-refractivity contribution in [3.63, 3.8) is 0 Å². The number of carbonyl (C=O) groups excluding carboxylic acids is 2. The van der Waals surface area contributed by atoms with E-state index in [1.165, 1.54) is 161 Å². The monoisotopic (exact) mass is 1080 g/mol. The Hall–Kier alpha value is -4.59. The zero-order valence-corrected chi connectivity index (χ0v) is 50.2. The number of ether oxygens (including phenoxy) is 4. The van der Waals surface area contributed by atoms with Crippen molar-refractivity contribution in [2.45, 2.75) is 247 Å². The average molecular weight is 1080 g/mol. The van der Waals surface area contributed by atoms with Gasteiger partial charge in [0.05, 0.1) is 24.5 Å². The number of nitrogens with zero attached hydrogens (tertiary/aromatic N) is 1. The summed E-state index contributed by atoms with van der Waals surface area (Å²) in [5, 5.41) is 10.8. The fraction of sp³-hybridized carbons (Fsp3) is 0.676. The number of fused-ring (bicyclic) bond motifs is 5. The largest absolute Gasteiger partial charge is 0.507 e. The molecule has 3 saturated carbocycles. The summed E-state index contributed by atoms with van der Waals surface area (Å²) in [6.45, 7) is 15.8. The third-order valence-electron chi connectivity index (χ3n) is 19.6. The summed E-state index contributed by atoms with van der Waals surface area (Å²) < 4.78 is 23.6. The number of hydrogen-bond acceptors (Lipinski definition) is 8. The van der Waals surface area contributed by atoms with Crippen molar-refractivity contribution in [3.8, 4) is 23.0 Å². The van der Waals surface area contributed by atoms with Crippen molar-refractivity contribution in [3.05, 3.63) is 89.5 Å². The van der Waals surface area contributed by atoms with Crippen LogP contribution in [0.25, 0.3) is 0 Å². The van der Waals surface area contributed by atoms with E-state index in [9.17, 15) is 14.7 Å². The molecule has 7 rings (SSSR count). The van der Waals surface area contributed by atoms with Gasteiger partial charge in [-0.25, -0.2) is 4.79 Å². The molecule has 436 valence electrons. The number of benzene rings is 3. The molecule has 0 aromatic heterocycles. The Kier molecular flexibility index (Phi) is 25.2. The van der Waals surface area contributed by atoms with Crippen LogP contribution in [-0.2, 0) is 9.53 Å². The van der Waals surface area contributed by atoms with Gasteiger partial charge >= 0.3 is 11.9 Å². The molecule has 79 heavy (non-hydrogen) atoms. The van der Waals surface area contributed by atoms with Gasteiger partial charge in [0.2, 0.25) is 0 Å². The van der Waals surface area contributed by atoms with E-state index in [0.717, 1.165) is 66.9 Å². The minimum absolute atomic E-state index is 0.0395. The molecule has 8 atom stereocenters. The number of phenolic OH excluding ortho intramolecular Hbond substituents is 1. The first-order chi connectivity index (χ1) is 38.4. The predicted molar refractivity (Wildman–Crippen MR) is 325 cm³/mol. The molecule has 1 N–H and O–H groups in total. The fourth-order valence-corrected chi connectivity index (χ4v) is 14.9. The van der Waals surface area contributed by atoms with E-state index in [4.69, 9.17) is 18.9 Å². The van der Waals surface area contributed by atoms with E-state index in [-0.39, 0.29) is 23.2 Å². The SMILES string of the molecule is CCCCCCCCCCCCCCCCCCCCOc1ccc(C(=O)Oc2ccc(N=Cc3ccc(OCCCC(=O)O[C@H]4CC[C@@]5(C)C(=CC[C@H]6[C@@H]7CC[C@H]([C@H](C)CCCC(C)C)[C@@]7(C)CC[C@@H]65)C4)cc3O)cc2)cc1. The Balaban J connectivity index is 0.723. The van der Waals surface area contributed by atoms with Gasteiger partial charge in [0.1, 0.15) is 29.1 Å². The highest BCUT2D eigenvalue weighted by atomic mass is 16.5. The summed E-state index contributed by atoms with van der Waals surface area (Å²) in [7, 11) is 0. The molecule has 0 bridgehead atoms. The number of esters is 2. The van der Waals surface area contributed by atoms with Gasteiger partial charge in [-0.05, 0) is 165 Å². The van der Waals surface area contributed by atoms with Crippen LogP contribution < -0.4 is 14.2 Å². The zero-order valence-electron chi connectivity index (χ0n) is 50.2. The molecule has 8 heteroatoms. The Morgan fingerprint density at radius 2 is 1.27 bits per heavy atom. The van der Waals surface area contributed by atoms with Crippen molar-refractivity contribution in [1.82, 2.24) is 0 Å². The van der Waals surface area contributed by atoms with Crippen molar-refractivity contribution >= 4 is 23.8 Å². The van der Waals surface area contributed by atoms with Gasteiger partial charge in [-0.3, -0.25) is 9.79 Å². The minimum atomic E-state index is -0.444. The predicted octanol–water partition coefficient (Wildman–Crippen LogP) is 19.9. The van der Waals surface area contributed by atoms with Crippen molar-refractivity contribution in [2.75, 3.05) is 13.2 Å². The summed E-state index contributed by atoms with van der Waals surface area (Å²) in [5.41, 5.74) is 3.90. The Morgan fingerprint density at radius 3 is 1.91 bits per heavy atom. The minimum Gasteiger partial charge on any atom is -0.507 e. The van der Waals surface area contributed by atoms with E-state index in [1.807, 2.05) is 12.1 Å². The molecule has 4 aliphatic carbocycles. The molecule has 3 aromatic rings. The second-order valence-electron chi connectivity index (χ2n) is 25.8. The van der Waals surface area contributed by atoms with E-state index >= 15 is 0 Å². The molecule has 0 unspecified atom stereocenters. The highest BCUT2D eigenvalue weighted by Crippen LogP contribution is 2.67. The molecule has 0 radical (unpaired) electrons. The van der Waals surface area contributed by atoms with Crippen LogP contribution in [-0.4, -0.2) is 42.6 Å². The lowest BCUT2D eigenvalue weighted by Gasteiger charge is -2.58. The quantitative estimate of drug-likeness (QED) is 0.0206. The molecule has 0 heterocycles. The molecular weight excluding hydrogens is 979 g/mol. The van der Waals surface area contributed by atoms with Crippen molar-refractivity contribution < 1.29 is 33.6 Å². The third kappa shape index (κ3) is 18.7. The van der Waals surface area contributed by atoms with E-state index in [2.05, 4.69) is 52.6 Å². The van der Waals surface area contributed by atoms with Crippen LogP contribution in [0.5, 0.6) is 23.0 Å². The first-order valence-corrected chi connectivity index (χ1v) is 32.3. The number of aromatic hydroxyl groups is 1. The Bertz CT molecular complexity index is 2340. The average Bonchev–Trinajstić information content (AvgIpc) is 3.63.